The van der Waals surface area contributed by atoms with Gasteiger partial charge in [-0.25, -0.2) is 4.39 Å². The summed E-state index contributed by atoms with van der Waals surface area (Å²) in [5, 5.41) is 11.0. The van der Waals surface area contributed by atoms with Gasteiger partial charge >= 0.3 is 0 Å². The quantitative estimate of drug-likeness (QED) is 0.382. The van der Waals surface area contributed by atoms with Crippen molar-refractivity contribution in [2.45, 2.75) is 32.4 Å². The lowest BCUT2D eigenvalue weighted by Gasteiger charge is -2.26. The summed E-state index contributed by atoms with van der Waals surface area (Å²) in [6.07, 6.45) is 0.678. The largest absolute Gasteiger partial charge is 0.507 e. The minimum absolute atomic E-state index is 0.00369. The van der Waals surface area contributed by atoms with Crippen LogP contribution in [-0.2, 0) is 9.59 Å². The zero-order valence-corrected chi connectivity index (χ0v) is 18.8. The molecule has 0 spiro atoms. The first kappa shape index (κ1) is 23.5. The van der Waals surface area contributed by atoms with Crippen molar-refractivity contribution < 1.29 is 23.8 Å². The minimum atomic E-state index is -0.746. The number of likely N-dealkylation sites (tertiary alicyclic amines) is 1. The summed E-state index contributed by atoms with van der Waals surface area (Å²) in [6.45, 7) is 4.96. The molecular weight excluding hydrogens is 411 g/mol. The predicted molar refractivity (Wildman–Crippen MR) is 121 cm³/mol. The van der Waals surface area contributed by atoms with Crippen molar-refractivity contribution in [3.8, 4) is 5.75 Å². The maximum atomic E-state index is 13.4. The number of amides is 1. The molecule has 1 amide bonds. The van der Waals surface area contributed by atoms with Crippen LogP contribution in [0.25, 0.3) is 5.76 Å². The van der Waals surface area contributed by atoms with Crippen LogP contribution in [0.1, 0.15) is 37.4 Å². The number of hydrogen-bond donors (Lipinski definition) is 1. The van der Waals surface area contributed by atoms with E-state index >= 15 is 0 Å². The fourth-order valence-corrected chi connectivity index (χ4v) is 3.78. The van der Waals surface area contributed by atoms with Crippen LogP contribution in [0.15, 0.2) is 54.1 Å². The first-order chi connectivity index (χ1) is 15.2. The maximum absolute atomic E-state index is 13.4. The first-order valence-electron chi connectivity index (χ1n) is 10.6. The second kappa shape index (κ2) is 9.96. The first-order valence-corrected chi connectivity index (χ1v) is 10.6. The lowest BCUT2D eigenvalue weighted by molar-refractivity contribution is -0.139. The van der Waals surface area contributed by atoms with Gasteiger partial charge in [0.1, 0.15) is 17.3 Å². The van der Waals surface area contributed by atoms with Crippen molar-refractivity contribution in [3.63, 3.8) is 0 Å². The monoisotopic (exact) mass is 440 g/mol. The van der Waals surface area contributed by atoms with Gasteiger partial charge in [-0.3, -0.25) is 9.59 Å². The molecule has 1 aliphatic heterocycles. The number of nitrogens with zero attached hydrogens (tertiary/aromatic N) is 2. The van der Waals surface area contributed by atoms with Crippen molar-refractivity contribution in [1.29, 1.82) is 0 Å². The lowest BCUT2D eigenvalue weighted by atomic mass is 9.95. The van der Waals surface area contributed by atoms with Crippen LogP contribution in [0, 0.1) is 5.82 Å². The summed E-state index contributed by atoms with van der Waals surface area (Å²) in [4.78, 5) is 29.4. The van der Waals surface area contributed by atoms with Gasteiger partial charge in [0.15, 0.2) is 0 Å². The van der Waals surface area contributed by atoms with Gasteiger partial charge in [0.25, 0.3) is 11.7 Å². The maximum Gasteiger partial charge on any atom is 0.295 e. The summed E-state index contributed by atoms with van der Waals surface area (Å²) < 4.78 is 19.1. The molecule has 2 aromatic carbocycles. The van der Waals surface area contributed by atoms with E-state index in [1.807, 2.05) is 32.8 Å². The summed E-state index contributed by atoms with van der Waals surface area (Å²) in [5.74, 6) is -1.50. The second-order valence-electron chi connectivity index (χ2n) is 8.39. The van der Waals surface area contributed by atoms with Crippen LogP contribution in [0.4, 0.5) is 4.39 Å². The number of rotatable bonds is 8. The third-order valence-electron chi connectivity index (χ3n) is 5.23. The number of carbonyl (C=O) groups is 2. The van der Waals surface area contributed by atoms with E-state index in [-0.39, 0.29) is 23.0 Å². The fourth-order valence-electron chi connectivity index (χ4n) is 3.78. The third kappa shape index (κ3) is 5.16. The zero-order valence-electron chi connectivity index (χ0n) is 18.8. The molecule has 1 aliphatic rings. The number of halogens is 1. The number of carbonyl (C=O) groups excluding carboxylic acids is 2. The Kier molecular flexibility index (Phi) is 7.30. The molecule has 0 aliphatic carbocycles. The number of ether oxygens (including phenoxy) is 1. The van der Waals surface area contributed by atoms with Gasteiger partial charge in [-0.1, -0.05) is 12.1 Å². The van der Waals surface area contributed by atoms with Gasteiger partial charge in [-0.15, -0.1) is 0 Å². The van der Waals surface area contributed by atoms with Gasteiger partial charge in [-0.2, -0.15) is 0 Å². The van der Waals surface area contributed by atoms with E-state index in [4.69, 9.17) is 4.74 Å². The highest BCUT2D eigenvalue weighted by atomic mass is 19.1. The Hall–Kier alpha value is -3.19. The van der Waals surface area contributed by atoms with E-state index in [2.05, 4.69) is 0 Å². The van der Waals surface area contributed by atoms with Crippen molar-refractivity contribution >= 4 is 17.4 Å². The molecule has 1 N–H and O–H groups in total. The van der Waals surface area contributed by atoms with Crippen LogP contribution in [-0.4, -0.2) is 59.9 Å². The van der Waals surface area contributed by atoms with Crippen molar-refractivity contribution in [2.24, 2.45) is 0 Å². The van der Waals surface area contributed by atoms with Crippen molar-refractivity contribution in [2.75, 3.05) is 27.2 Å². The molecule has 0 aromatic heterocycles. The van der Waals surface area contributed by atoms with Crippen LogP contribution in [0.3, 0.4) is 0 Å². The Labute approximate surface area is 187 Å². The van der Waals surface area contributed by atoms with Crippen molar-refractivity contribution in [3.05, 3.63) is 71.0 Å². The van der Waals surface area contributed by atoms with Crippen LogP contribution >= 0.6 is 0 Å². The molecule has 170 valence electrons. The number of aliphatic hydroxyl groups excluding tert-OH is 1. The molecule has 1 saturated heterocycles. The van der Waals surface area contributed by atoms with E-state index < -0.39 is 23.5 Å². The number of hydrogen-bond acceptors (Lipinski definition) is 5. The molecule has 0 bridgehead atoms. The minimum Gasteiger partial charge on any atom is -0.507 e. The number of Topliss-reactive ketones (excluding diaryl/α,β-unsaturated/α-hetero) is 1. The summed E-state index contributed by atoms with van der Waals surface area (Å²) in [7, 11) is 3.88. The van der Waals surface area contributed by atoms with Crippen LogP contribution < -0.4 is 4.74 Å². The van der Waals surface area contributed by atoms with Crippen LogP contribution in [0.5, 0.6) is 5.75 Å². The molecule has 1 fully saturated rings. The Morgan fingerprint density at radius 2 is 1.72 bits per heavy atom. The van der Waals surface area contributed by atoms with Gasteiger partial charge < -0.3 is 19.6 Å². The Morgan fingerprint density at radius 3 is 2.28 bits per heavy atom. The molecule has 1 heterocycles. The summed E-state index contributed by atoms with van der Waals surface area (Å²) in [6, 6.07) is 11.6. The van der Waals surface area contributed by atoms with Gasteiger partial charge in [0.2, 0.25) is 0 Å². The number of ketones is 1. The summed E-state index contributed by atoms with van der Waals surface area (Å²) >= 11 is 0. The molecule has 2 aromatic rings. The molecule has 6 nitrogen and oxygen atoms in total. The SMILES string of the molecule is CC(C)Oc1ccc([C@@H]2C(=C(O)c3ccc(F)cc3)C(=O)C(=O)N2CCCN(C)C)cc1. The second-order valence-corrected chi connectivity index (χ2v) is 8.39. The summed E-state index contributed by atoms with van der Waals surface area (Å²) in [5.41, 5.74) is 0.972. The fraction of sp³-hybridized carbons (Fsp3) is 0.360. The van der Waals surface area contributed by atoms with Gasteiger partial charge in [-0.05, 0) is 82.9 Å². The Balaban J connectivity index is 2.05. The van der Waals surface area contributed by atoms with Crippen LogP contribution in [0.2, 0.25) is 0 Å². The van der Waals surface area contributed by atoms with E-state index in [0.717, 1.165) is 6.54 Å². The normalized spacial score (nSPS) is 18.1. The molecule has 1 atom stereocenters. The molecule has 0 unspecified atom stereocenters. The van der Waals surface area contributed by atoms with Gasteiger partial charge in [0, 0.05) is 12.1 Å². The van der Waals surface area contributed by atoms with E-state index in [1.165, 1.54) is 29.2 Å². The highest BCUT2D eigenvalue weighted by Crippen LogP contribution is 2.40. The molecular formula is C25H29FN2O4. The topological polar surface area (TPSA) is 70.1 Å². The molecule has 0 saturated carbocycles. The number of aliphatic hydroxyl groups is 1. The van der Waals surface area contributed by atoms with Gasteiger partial charge in [0.05, 0.1) is 17.7 Å². The van der Waals surface area contributed by atoms with E-state index in [0.29, 0.717) is 24.3 Å². The highest BCUT2D eigenvalue weighted by molar-refractivity contribution is 6.46. The lowest BCUT2D eigenvalue weighted by Crippen LogP contribution is -2.32. The third-order valence-corrected chi connectivity index (χ3v) is 5.23. The highest BCUT2D eigenvalue weighted by Gasteiger charge is 2.45. The predicted octanol–water partition coefficient (Wildman–Crippen LogP) is 3.99. The Bertz CT molecular complexity index is 998. The average Bonchev–Trinajstić information content (AvgIpc) is 2.99. The number of benzene rings is 2. The molecule has 32 heavy (non-hydrogen) atoms. The average molecular weight is 441 g/mol. The molecule has 7 heteroatoms. The van der Waals surface area contributed by atoms with E-state index in [1.54, 1.807) is 24.3 Å². The zero-order chi connectivity index (χ0) is 23.4. The van der Waals surface area contributed by atoms with E-state index in [9.17, 15) is 19.1 Å². The standard InChI is InChI=1S/C25H29FN2O4/c1-16(2)32-20-12-8-17(9-13-20)22-21(23(29)18-6-10-19(26)11-7-18)24(30)25(31)28(22)15-5-14-27(3)4/h6-13,16,22,29H,5,14-15H2,1-4H3/t22-/m1/s1. The smallest absolute Gasteiger partial charge is 0.295 e. The van der Waals surface area contributed by atoms with Crippen molar-refractivity contribution in [1.82, 2.24) is 9.80 Å². The Morgan fingerprint density at radius 1 is 1.09 bits per heavy atom. The molecule has 0 radical (unpaired) electrons. The molecule has 3 rings (SSSR count).